The molecular weight excluding hydrogens is 404 g/mol. The number of rotatable bonds is 6. The minimum absolute atomic E-state index is 0.0379. The summed E-state index contributed by atoms with van der Waals surface area (Å²) < 4.78 is 6.64. The van der Waals surface area contributed by atoms with Crippen LogP contribution in [0.3, 0.4) is 0 Å². The molecule has 8 nitrogen and oxygen atoms in total. The van der Waals surface area contributed by atoms with Gasteiger partial charge in [-0.3, -0.25) is 14.2 Å². The number of phenolic OH excluding ortho intramolecular Hbond substituents is 1. The van der Waals surface area contributed by atoms with Crippen LogP contribution in [0.1, 0.15) is 35.8 Å². The van der Waals surface area contributed by atoms with Crippen LogP contribution in [0.2, 0.25) is 0 Å². The Morgan fingerprint density at radius 2 is 2.23 bits per heavy atom. The van der Waals surface area contributed by atoms with Crippen molar-refractivity contribution in [2.75, 3.05) is 6.61 Å². The molecule has 3 aromatic rings. The van der Waals surface area contributed by atoms with Crippen molar-refractivity contribution in [2.45, 2.75) is 39.2 Å². The van der Waals surface area contributed by atoms with Gasteiger partial charge in [-0.15, -0.1) is 11.3 Å². The molecule has 1 amide bonds. The molecule has 0 unspecified atom stereocenters. The largest absolute Gasteiger partial charge is 0.504 e. The van der Waals surface area contributed by atoms with Gasteiger partial charge in [0, 0.05) is 4.88 Å². The van der Waals surface area contributed by atoms with Gasteiger partial charge in [-0.1, -0.05) is 0 Å². The summed E-state index contributed by atoms with van der Waals surface area (Å²) in [5, 5.41) is 14.3. The van der Waals surface area contributed by atoms with Crippen LogP contribution in [0.25, 0.3) is 10.2 Å². The monoisotopic (exact) mass is 426 g/mol. The molecule has 9 heteroatoms. The molecule has 30 heavy (non-hydrogen) atoms. The summed E-state index contributed by atoms with van der Waals surface area (Å²) in [5.41, 5.74) is 3.99. The van der Waals surface area contributed by atoms with E-state index in [4.69, 9.17) is 4.74 Å². The number of carbonyl (C=O) groups is 1. The van der Waals surface area contributed by atoms with Crippen LogP contribution in [0.4, 0.5) is 0 Å². The van der Waals surface area contributed by atoms with E-state index in [9.17, 15) is 14.7 Å². The van der Waals surface area contributed by atoms with Crippen molar-refractivity contribution in [3.8, 4) is 11.5 Å². The van der Waals surface area contributed by atoms with Gasteiger partial charge >= 0.3 is 0 Å². The number of aromatic hydroxyl groups is 1. The number of nitrogens with zero attached hydrogens (tertiary/aromatic N) is 3. The Kier molecular flexibility index (Phi) is 5.80. The summed E-state index contributed by atoms with van der Waals surface area (Å²) in [6, 6.07) is 4.77. The first-order chi connectivity index (χ1) is 14.6. The minimum atomic E-state index is -0.428. The van der Waals surface area contributed by atoms with Gasteiger partial charge in [-0.05, 0) is 61.9 Å². The molecule has 2 aromatic heterocycles. The maximum absolute atomic E-state index is 12.9. The maximum Gasteiger partial charge on any atom is 0.262 e. The molecule has 0 saturated carbocycles. The molecule has 2 N–H and O–H groups in total. The fourth-order valence-electron chi connectivity index (χ4n) is 3.54. The number of aryl methyl sites for hydroxylation is 2. The van der Waals surface area contributed by atoms with E-state index < -0.39 is 5.91 Å². The van der Waals surface area contributed by atoms with E-state index in [1.165, 1.54) is 28.1 Å². The van der Waals surface area contributed by atoms with Crippen molar-refractivity contribution in [1.29, 1.82) is 0 Å². The van der Waals surface area contributed by atoms with Crippen molar-refractivity contribution in [3.05, 3.63) is 50.9 Å². The van der Waals surface area contributed by atoms with Crippen LogP contribution >= 0.6 is 11.3 Å². The number of hydrogen-bond acceptors (Lipinski definition) is 7. The highest BCUT2D eigenvalue weighted by atomic mass is 32.1. The molecule has 1 aliphatic carbocycles. The summed E-state index contributed by atoms with van der Waals surface area (Å²) >= 11 is 1.58. The molecule has 1 aliphatic rings. The molecule has 156 valence electrons. The highest BCUT2D eigenvalue weighted by Gasteiger charge is 2.20. The van der Waals surface area contributed by atoms with E-state index in [2.05, 4.69) is 15.5 Å². The molecule has 4 rings (SSSR count). The number of thiophene rings is 1. The summed E-state index contributed by atoms with van der Waals surface area (Å²) in [7, 11) is 0. The lowest BCUT2D eigenvalue weighted by molar-refractivity contribution is -0.121. The number of amides is 1. The summed E-state index contributed by atoms with van der Waals surface area (Å²) in [6.45, 7) is 2.08. The van der Waals surface area contributed by atoms with Crippen LogP contribution in [0.15, 0.2) is 34.4 Å². The minimum Gasteiger partial charge on any atom is -0.504 e. The second kappa shape index (κ2) is 8.66. The van der Waals surface area contributed by atoms with Crippen LogP contribution in [0, 0.1) is 0 Å². The highest BCUT2D eigenvalue weighted by Crippen LogP contribution is 2.33. The number of aromatic nitrogens is 2. The number of ether oxygens (including phenoxy) is 1. The number of phenols is 1. The molecule has 0 saturated heterocycles. The molecule has 0 fully saturated rings. The average molecular weight is 426 g/mol. The van der Waals surface area contributed by atoms with Crippen LogP contribution < -0.4 is 15.7 Å². The zero-order valence-electron chi connectivity index (χ0n) is 16.6. The van der Waals surface area contributed by atoms with E-state index >= 15 is 0 Å². The van der Waals surface area contributed by atoms with Crippen molar-refractivity contribution in [1.82, 2.24) is 15.0 Å². The normalized spacial score (nSPS) is 13.5. The van der Waals surface area contributed by atoms with Gasteiger partial charge < -0.3 is 9.84 Å². The number of hydrazone groups is 1. The predicted octanol–water partition coefficient (Wildman–Crippen LogP) is 2.59. The van der Waals surface area contributed by atoms with Crippen molar-refractivity contribution < 1.29 is 14.6 Å². The van der Waals surface area contributed by atoms with Gasteiger partial charge in [0.05, 0.1) is 24.5 Å². The van der Waals surface area contributed by atoms with Gasteiger partial charge in [0.1, 0.15) is 11.4 Å². The Morgan fingerprint density at radius 1 is 1.40 bits per heavy atom. The van der Waals surface area contributed by atoms with E-state index in [0.29, 0.717) is 23.3 Å². The maximum atomic E-state index is 12.9. The van der Waals surface area contributed by atoms with E-state index in [1.54, 1.807) is 23.5 Å². The standard InChI is InChI=1S/C21H22N4O4S/c1-2-29-16-9-13(7-8-15(16)26)10-23-24-18(27)11-25-12-22-20-19(21(25)28)14-5-3-4-6-17(14)30-20/h7-10,12,26H,2-6,11H2,1H3,(H,24,27)/b23-10+. The number of benzene rings is 1. The van der Waals surface area contributed by atoms with Gasteiger partial charge in [0.2, 0.25) is 0 Å². The molecule has 2 heterocycles. The van der Waals surface area contributed by atoms with Crippen LogP contribution in [-0.2, 0) is 24.2 Å². The van der Waals surface area contributed by atoms with Crippen LogP contribution in [-0.4, -0.2) is 33.4 Å². The fraction of sp³-hybridized carbons (Fsp3) is 0.333. The molecular formula is C21H22N4O4S. The third kappa shape index (κ3) is 4.06. The van der Waals surface area contributed by atoms with Gasteiger partial charge in [-0.25, -0.2) is 10.4 Å². The summed E-state index contributed by atoms with van der Waals surface area (Å²) in [5.74, 6) is -0.0453. The van der Waals surface area contributed by atoms with Crippen LogP contribution in [0.5, 0.6) is 11.5 Å². The number of nitrogens with one attached hydrogen (secondary N) is 1. The topological polar surface area (TPSA) is 106 Å². The predicted molar refractivity (Wildman–Crippen MR) is 116 cm³/mol. The Morgan fingerprint density at radius 3 is 3.07 bits per heavy atom. The number of fused-ring (bicyclic) bond motifs is 3. The van der Waals surface area contributed by atoms with Crippen molar-refractivity contribution in [2.24, 2.45) is 5.10 Å². The van der Waals surface area contributed by atoms with Gasteiger partial charge in [-0.2, -0.15) is 5.10 Å². The fourth-order valence-corrected chi connectivity index (χ4v) is 4.76. The quantitative estimate of drug-likeness (QED) is 0.466. The van der Waals surface area contributed by atoms with E-state index in [-0.39, 0.29) is 17.9 Å². The SMILES string of the molecule is CCOc1cc(/C=N/NC(=O)Cn2cnc3sc4c(c3c2=O)CCCC4)ccc1O. The Balaban J connectivity index is 1.46. The van der Waals surface area contributed by atoms with Gasteiger partial charge in [0.15, 0.2) is 11.5 Å². The Labute approximate surface area is 176 Å². The smallest absolute Gasteiger partial charge is 0.262 e. The molecule has 0 radical (unpaired) electrons. The lowest BCUT2D eigenvalue weighted by atomic mass is 9.97. The molecule has 1 aromatic carbocycles. The Bertz CT molecular complexity index is 1180. The third-order valence-corrected chi connectivity index (χ3v) is 6.14. The van der Waals surface area contributed by atoms with E-state index in [0.717, 1.165) is 36.1 Å². The lowest BCUT2D eigenvalue weighted by Crippen LogP contribution is -2.30. The lowest BCUT2D eigenvalue weighted by Gasteiger charge is -2.10. The average Bonchev–Trinajstić information content (AvgIpc) is 3.12. The Hall–Kier alpha value is -3.20. The summed E-state index contributed by atoms with van der Waals surface area (Å²) in [4.78, 5) is 31.5. The molecule has 0 spiro atoms. The number of carbonyl (C=O) groups excluding carboxylic acids is 1. The summed E-state index contributed by atoms with van der Waals surface area (Å²) in [6.07, 6.45) is 6.96. The van der Waals surface area contributed by atoms with Crippen molar-refractivity contribution >= 4 is 33.7 Å². The zero-order chi connectivity index (χ0) is 21.1. The van der Waals surface area contributed by atoms with Crippen molar-refractivity contribution in [3.63, 3.8) is 0 Å². The molecule has 0 atom stereocenters. The zero-order valence-corrected chi connectivity index (χ0v) is 17.4. The van der Waals surface area contributed by atoms with E-state index in [1.807, 2.05) is 6.92 Å². The molecule has 0 aliphatic heterocycles. The van der Waals surface area contributed by atoms with Gasteiger partial charge in [0.25, 0.3) is 11.5 Å². The first-order valence-corrected chi connectivity index (χ1v) is 10.7. The second-order valence-corrected chi connectivity index (χ2v) is 8.11. The first-order valence-electron chi connectivity index (χ1n) is 9.84. The molecule has 0 bridgehead atoms. The number of hydrogen-bond donors (Lipinski definition) is 2. The second-order valence-electron chi connectivity index (χ2n) is 7.02. The highest BCUT2D eigenvalue weighted by molar-refractivity contribution is 7.18. The third-order valence-electron chi connectivity index (χ3n) is 4.94. The first kappa shape index (κ1) is 20.1.